The van der Waals surface area contributed by atoms with Gasteiger partial charge in [-0.05, 0) is 85.3 Å². The molecule has 0 aliphatic heterocycles. The average molecular weight is 602 g/mol. The summed E-state index contributed by atoms with van der Waals surface area (Å²) in [5.41, 5.74) is 12.5. The molecule has 3 heteroatoms. The third kappa shape index (κ3) is 4.39. The lowest BCUT2D eigenvalue weighted by molar-refractivity contribution is 0.661. The van der Waals surface area contributed by atoms with E-state index in [1.807, 2.05) is 42.7 Å². The van der Waals surface area contributed by atoms with Crippen molar-refractivity contribution >= 4 is 21.5 Å². The van der Waals surface area contributed by atoms with Crippen LogP contribution in [0.2, 0.25) is 0 Å². The molecule has 2 heterocycles. The molecule has 0 saturated carbocycles. The van der Waals surface area contributed by atoms with Crippen LogP contribution in [0.4, 0.5) is 0 Å². The number of rotatable bonds is 4. The molecule has 0 saturated heterocycles. The quantitative estimate of drug-likeness (QED) is 0.188. The van der Waals surface area contributed by atoms with Crippen molar-refractivity contribution in [2.24, 2.45) is 0 Å². The van der Waals surface area contributed by atoms with Crippen LogP contribution in [-0.2, 0) is 5.41 Å². The Morgan fingerprint density at radius 1 is 0.426 bits per heavy atom. The molecule has 0 atom stereocenters. The molecule has 2 aromatic heterocycles. The molecule has 8 aromatic rings. The number of hydrogen-bond donors (Lipinski definition) is 0. The average Bonchev–Trinajstić information content (AvgIpc) is 3.36. The second-order valence-corrected chi connectivity index (χ2v) is 12.9. The van der Waals surface area contributed by atoms with E-state index in [-0.39, 0.29) is 5.41 Å². The molecule has 0 radical (unpaired) electrons. The molecule has 1 aliphatic rings. The van der Waals surface area contributed by atoms with Gasteiger partial charge in [0.1, 0.15) is 0 Å². The number of nitrogens with zero attached hydrogens (tertiary/aromatic N) is 3. The smallest absolute Gasteiger partial charge is 0.160 e. The summed E-state index contributed by atoms with van der Waals surface area (Å²) >= 11 is 0. The second kappa shape index (κ2) is 10.6. The Hall–Kier alpha value is -5.93. The highest BCUT2D eigenvalue weighted by Crippen LogP contribution is 2.50. The van der Waals surface area contributed by atoms with Gasteiger partial charge in [0.2, 0.25) is 0 Å². The first kappa shape index (κ1) is 27.4. The first-order valence-corrected chi connectivity index (χ1v) is 16.1. The summed E-state index contributed by atoms with van der Waals surface area (Å²) in [6.45, 7) is 4.69. The van der Waals surface area contributed by atoms with Crippen LogP contribution in [0.15, 0.2) is 152 Å². The van der Waals surface area contributed by atoms with E-state index < -0.39 is 0 Å². The van der Waals surface area contributed by atoms with Gasteiger partial charge in [0, 0.05) is 34.5 Å². The Labute approximate surface area is 274 Å². The molecule has 47 heavy (non-hydrogen) atoms. The zero-order valence-corrected chi connectivity index (χ0v) is 26.3. The van der Waals surface area contributed by atoms with Gasteiger partial charge < -0.3 is 0 Å². The normalized spacial score (nSPS) is 13.1. The highest BCUT2D eigenvalue weighted by molar-refractivity contribution is 6.13. The minimum absolute atomic E-state index is 0.0613. The molecule has 9 rings (SSSR count). The van der Waals surface area contributed by atoms with Gasteiger partial charge in [-0.25, -0.2) is 9.97 Å². The monoisotopic (exact) mass is 601 g/mol. The molecule has 0 unspecified atom stereocenters. The van der Waals surface area contributed by atoms with Gasteiger partial charge in [-0.2, -0.15) is 0 Å². The van der Waals surface area contributed by atoms with E-state index in [0.717, 1.165) is 39.2 Å². The summed E-state index contributed by atoms with van der Waals surface area (Å²) in [5.74, 6) is 0.706. The lowest BCUT2D eigenvalue weighted by Gasteiger charge is -2.22. The summed E-state index contributed by atoms with van der Waals surface area (Å²) in [6.07, 6.45) is 3.67. The molecule has 1 aliphatic carbocycles. The van der Waals surface area contributed by atoms with E-state index in [0.29, 0.717) is 5.82 Å². The van der Waals surface area contributed by atoms with Gasteiger partial charge in [-0.1, -0.05) is 123 Å². The van der Waals surface area contributed by atoms with Crippen molar-refractivity contribution in [1.82, 2.24) is 15.0 Å². The van der Waals surface area contributed by atoms with Crippen LogP contribution in [0.25, 0.3) is 77.7 Å². The van der Waals surface area contributed by atoms with Crippen molar-refractivity contribution in [3.63, 3.8) is 0 Å². The molecule has 3 nitrogen and oxygen atoms in total. The molecule has 0 bridgehead atoms. The van der Waals surface area contributed by atoms with Gasteiger partial charge in [-0.3, -0.25) is 4.98 Å². The molecule has 6 aromatic carbocycles. The van der Waals surface area contributed by atoms with E-state index in [4.69, 9.17) is 9.97 Å². The Morgan fingerprint density at radius 3 is 1.91 bits per heavy atom. The van der Waals surface area contributed by atoms with Crippen molar-refractivity contribution in [3.05, 3.63) is 163 Å². The van der Waals surface area contributed by atoms with Crippen molar-refractivity contribution in [1.29, 1.82) is 0 Å². The maximum atomic E-state index is 5.22. The zero-order chi connectivity index (χ0) is 31.5. The van der Waals surface area contributed by atoms with Crippen molar-refractivity contribution in [2.75, 3.05) is 0 Å². The lowest BCUT2D eigenvalue weighted by Crippen LogP contribution is -2.14. The van der Waals surface area contributed by atoms with Crippen LogP contribution in [0.1, 0.15) is 25.0 Å². The fourth-order valence-corrected chi connectivity index (χ4v) is 7.44. The maximum absolute atomic E-state index is 5.22. The first-order valence-electron chi connectivity index (χ1n) is 16.1. The summed E-state index contributed by atoms with van der Waals surface area (Å²) in [4.78, 5) is 14.6. The predicted molar refractivity (Wildman–Crippen MR) is 194 cm³/mol. The van der Waals surface area contributed by atoms with E-state index in [9.17, 15) is 0 Å². The van der Waals surface area contributed by atoms with Crippen molar-refractivity contribution in [3.8, 4) is 56.2 Å². The molecule has 0 N–H and O–H groups in total. The number of benzene rings is 6. The highest BCUT2D eigenvalue weighted by Gasteiger charge is 2.35. The summed E-state index contributed by atoms with van der Waals surface area (Å²) in [5, 5.41) is 4.93. The standard InChI is InChI=1S/C44H31N3/c1-44(2)39-18-9-8-14-34(39)38-25-30-19-20-33-32(37(30)26-40(38)44)16-10-17-36(33)42-27-41(46-43(47-42)29-11-4-3-5-12-29)35-15-7-6-13-31(35)28-21-23-45-24-22-28/h3-27H,1-2H3. The Kier molecular flexibility index (Phi) is 6.16. The van der Waals surface area contributed by atoms with E-state index in [1.54, 1.807) is 0 Å². The topological polar surface area (TPSA) is 38.7 Å². The Balaban J connectivity index is 1.27. The third-order valence-electron chi connectivity index (χ3n) is 9.81. The van der Waals surface area contributed by atoms with Crippen LogP contribution in [0.5, 0.6) is 0 Å². The van der Waals surface area contributed by atoms with Gasteiger partial charge in [0.05, 0.1) is 11.4 Å². The zero-order valence-electron chi connectivity index (χ0n) is 26.3. The van der Waals surface area contributed by atoms with E-state index in [2.05, 4.69) is 128 Å². The Bertz CT molecular complexity index is 2480. The number of aromatic nitrogens is 3. The maximum Gasteiger partial charge on any atom is 0.160 e. The predicted octanol–water partition coefficient (Wildman–Crippen LogP) is 11.2. The number of fused-ring (bicyclic) bond motifs is 6. The number of pyridine rings is 1. The van der Waals surface area contributed by atoms with Gasteiger partial charge >= 0.3 is 0 Å². The highest BCUT2D eigenvalue weighted by atomic mass is 14.9. The van der Waals surface area contributed by atoms with Crippen molar-refractivity contribution < 1.29 is 0 Å². The van der Waals surface area contributed by atoms with Crippen LogP contribution in [0.3, 0.4) is 0 Å². The van der Waals surface area contributed by atoms with Crippen LogP contribution >= 0.6 is 0 Å². The van der Waals surface area contributed by atoms with Gasteiger partial charge in [0.15, 0.2) is 5.82 Å². The minimum Gasteiger partial charge on any atom is -0.265 e. The van der Waals surface area contributed by atoms with Gasteiger partial charge in [-0.15, -0.1) is 0 Å². The fraction of sp³-hybridized carbons (Fsp3) is 0.0682. The molecular formula is C44H31N3. The SMILES string of the molecule is CC1(C)c2ccccc2-c2cc3ccc4c(-c5cc(-c6ccccc6-c6ccncc6)nc(-c6ccccc6)n5)cccc4c3cc21. The molecule has 0 spiro atoms. The van der Waals surface area contributed by atoms with Crippen LogP contribution in [-0.4, -0.2) is 15.0 Å². The molecule has 222 valence electrons. The summed E-state index contributed by atoms with van der Waals surface area (Å²) in [7, 11) is 0. The van der Waals surface area contributed by atoms with Crippen LogP contribution in [0, 0.1) is 0 Å². The lowest BCUT2D eigenvalue weighted by atomic mass is 9.81. The Morgan fingerprint density at radius 2 is 1.11 bits per heavy atom. The van der Waals surface area contributed by atoms with Crippen molar-refractivity contribution in [2.45, 2.75) is 19.3 Å². The third-order valence-corrected chi connectivity index (χ3v) is 9.81. The fourth-order valence-electron chi connectivity index (χ4n) is 7.44. The second-order valence-electron chi connectivity index (χ2n) is 12.9. The summed E-state index contributed by atoms with van der Waals surface area (Å²) in [6, 6.07) is 49.8. The largest absolute Gasteiger partial charge is 0.265 e. The van der Waals surface area contributed by atoms with Crippen LogP contribution < -0.4 is 0 Å². The molecule has 0 amide bonds. The van der Waals surface area contributed by atoms with E-state index in [1.165, 1.54) is 43.8 Å². The summed E-state index contributed by atoms with van der Waals surface area (Å²) < 4.78 is 0. The molecule has 0 fully saturated rings. The van der Waals surface area contributed by atoms with E-state index >= 15 is 0 Å². The molecular weight excluding hydrogens is 571 g/mol. The first-order chi connectivity index (χ1) is 23.1. The van der Waals surface area contributed by atoms with Gasteiger partial charge in [0.25, 0.3) is 0 Å². The number of hydrogen-bond acceptors (Lipinski definition) is 3. The minimum atomic E-state index is -0.0613.